The standard InChI is InChI=1S/C22H23.3ClH.Ti/c1-15-7-5-9-19(13-15)22(20-10-6-8-16(2)14-20)21-17(3)11-12-18(21)4;;;;/h5-10,13-14,22H,11H2,1-4H3;3*1H;/q;;;;+3/p-3. The van der Waals surface area contributed by atoms with Gasteiger partial charge in [0.15, 0.2) is 0 Å². The summed E-state index contributed by atoms with van der Waals surface area (Å²) in [6, 6.07) is 18.0. The van der Waals surface area contributed by atoms with E-state index < -0.39 is 0 Å². The predicted molar refractivity (Wildman–Crippen MR) is 94.2 cm³/mol. The number of benzene rings is 2. The third kappa shape index (κ3) is 5.27. The molecular formula is C22H23Cl3Ti. The van der Waals surface area contributed by atoms with Crippen molar-refractivity contribution >= 4 is 0 Å². The van der Waals surface area contributed by atoms with E-state index in [0.717, 1.165) is 6.42 Å². The van der Waals surface area contributed by atoms with Gasteiger partial charge in [-0.25, -0.2) is 0 Å². The summed E-state index contributed by atoms with van der Waals surface area (Å²) in [5.74, 6) is 0.340. The van der Waals surface area contributed by atoms with Crippen molar-refractivity contribution in [3.8, 4) is 0 Å². The van der Waals surface area contributed by atoms with Gasteiger partial charge in [-0.1, -0.05) is 0 Å². The van der Waals surface area contributed by atoms with Gasteiger partial charge in [0.25, 0.3) is 0 Å². The van der Waals surface area contributed by atoms with Crippen molar-refractivity contribution in [1.82, 2.24) is 0 Å². The van der Waals surface area contributed by atoms with E-state index in [1.54, 1.807) is 0 Å². The molecule has 1 aliphatic rings. The minimum absolute atomic E-state index is 0. The van der Waals surface area contributed by atoms with Crippen LogP contribution in [0.5, 0.6) is 0 Å². The summed E-state index contributed by atoms with van der Waals surface area (Å²) >= 11 is 2.27. The molecule has 0 spiro atoms. The van der Waals surface area contributed by atoms with Crippen molar-refractivity contribution in [1.29, 1.82) is 0 Å². The zero-order valence-corrected chi connectivity index (χ0v) is 19.4. The van der Waals surface area contributed by atoms with E-state index in [-0.39, 0.29) is 37.2 Å². The molecule has 0 amide bonds. The van der Waals surface area contributed by atoms with Gasteiger partial charge < -0.3 is 37.2 Å². The average Bonchev–Trinajstić information content (AvgIpc) is 2.74. The molecule has 0 heterocycles. The fraction of sp³-hybridized carbons (Fsp3) is 0.273. The second kappa shape index (κ2) is 10.7. The Morgan fingerprint density at radius 3 is 1.58 bits per heavy atom. The average molecular weight is 442 g/mol. The number of aryl methyl sites for hydroxylation is 2. The Hall–Kier alpha value is -0.496. The van der Waals surface area contributed by atoms with Crippen molar-refractivity contribution in [2.24, 2.45) is 0 Å². The molecule has 0 aromatic heterocycles. The Morgan fingerprint density at radius 1 is 0.769 bits per heavy atom. The Bertz CT molecular complexity index is 776. The van der Waals surface area contributed by atoms with Crippen LogP contribution in [-0.4, -0.2) is 0 Å². The molecule has 0 nitrogen and oxygen atoms in total. The van der Waals surface area contributed by atoms with Crippen molar-refractivity contribution < 1.29 is 57.7 Å². The summed E-state index contributed by atoms with van der Waals surface area (Å²) in [5.41, 5.74) is 9.99. The third-order valence-corrected chi connectivity index (χ3v) is 5.66. The minimum Gasteiger partial charge on any atom is -1.00 e. The quantitative estimate of drug-likeness (QED) is 0.445. The van der Waals surface area contributed by atoms with E-state index in [1.807, 2.05) is 0 Å². The van der Waals surface area contributed by atoms with E-state index in [0.29, 0.717) is 5.92 Å². The molecule has 0 N–H and O–H groups in total. The number of allylic oxidation sites excluding steroid dienone is 4. The fourth-order valence-corrected chi connectivity index (χ4v) is 4.29. The molecule has 2 aromatic carbocycles. The number of hydrogen-bond acceptors (Lipinski definition) is 0. The minimum atomic E-state index is 0. The molecule has 0 bridgehead atoms. The summed E-state index contributed by atoms with van der Waals surface area (Å²) in [5, 5.41) is 0. The second-order valence-corrected chi connectivity index (χ2v) is 7.68. The van der Waals surface area contributed by atoms with E-state index in [4.69, 9.17) is 0 Å². The molecule has 1 aliphatic carbocycles. The summed E-state index contributed by atoms with van der Waals surface area (Å²) in [6.45, 7) is 8.95. The zero-order chi connectivity index (χ0) is 16.6. The van der Waals surface area contributed by atoms with E-state index in [9.17, 15) is 0 Å². The van der Waals surface area contributed by atoms with Crippen LogP contribution in [-0.2, 0) is 20.4 Å². The van der Waals surface area contributed by atoms with Gasteiger partial charge in [0.1, 0.15) is 0 Å². The van der Waals surface area contributed by atoms with Crippen molar-refractivity contribution in [2.75, 3.05) is 0 Å². The maximum Gasteiger partial charge on any atom is -1.00 e. The van der Waals surface area contributed by atoms with Gasteiger partial charge >= 0.3 is 152 Å². The van der Waals surface area contributed by atoms with Gasteiger partial charge in [-0.3, -0.25) is 0 Å². The molecule has 2 aromatic rings. The Morgan fingerprint density at radius 2 is 1.23 bits per heavy atom. The molecular weight excluding hydrogens is 418 g/mol. The molecule has 0 fully saturated rings. The van der Waals surface area contributed by atoms with Gasteiger partial charge in [0, 0.05) is 0 Å². The SMILES string of the molecule is CC1=C(C(c2cccc(C)c2)c2cccc(C)c2)C(C)=[C]([Ti+3])C1.[Cl-].[Cl-].[Cl-]. The first-order chi connectivity index (χ1) is 11.0. The van der Waals surface area contributed by atoms with E-state index in [2.05, 4.69) is 96.7 Å². The van der Waals surface area contributed by atoms with Crippen LogP contribution in [0.1, 0.15) is 48.4 Å². The van der Waals surface area contributed by atoms with Gasteiger partial charge in [-0.2, -0.15) is 0 Å². The molecule has 136 valence electrons. The van der Waals surface area contributed by atoms with E-state index >= 15 is 0 Å². The first-order valence-corrected chi connectivity index (χ1v) is 9.00. The Kier molecular flexibility index (Phi) is 10.5. The summed E-state index contributed by atoms with van der Waals surface area (Å²) < 4.78 is 1.52. The van der Waals surface area contributed by atoms with Crippen LogP contribution in [0.25, 0.3) is 0 Å². The molecule has 0 saturated heterocycles. The molecule has 0 aliphatic heterocycles. The Labute approximate surface area is 188 Å². The molecule has 26 heavy (non-hydrogen) atoms. The molecule has 0 saturated carbocycles. The normalized spacial score (nSPS) is 13.3. The van der Waals surface area contributed by atoms with Crippen LogP contribution in [0, 0.1) is 13.8 Å². The van der Waals surface area contributed by atoms with E-state index in [1.165, 1.54) is 42.9 Å². The fourth-order valence-electron chi connectivity index (χ4n) is 3.66. The van der Waals surface area contributed by atoms with Gasteiger partial charge in [0.05, 0.1) is 0 Å². The van der Waals surface area contributed by atoms with Crippen LogP contribution in [0.15, 0.2) is 69.1 Å². The second-order valence-electron chi connectivity index (χ2n) is 6.74. The van der Waals surface area contributed by atoms with Crippen LogP contribution in [0.4, 0.5) is 0 Å². The number of rotatable bonds is 3. The van der Waals surface area contributed by atoms with Gasteiger partial charge in [-0.15, -0.1) is 0 Å². The van der Waals surface area contributed by atoms with Crippen LogP contribution < -0.4 is 37.2 Å². The molecule has 3 rings (SSSR count). The van der Waals surface area contributed by atoms with Gasteiger partial charge in [0.2, 0.25) is 0 Å². The first kappa shape index (κ1) is 25.5. The zero-order valence-electron chi connectivity index (χ0n) is 15.5. The molecule has 0 radical (unpaired) electrons. The predicted octanol–water partition coefficient (Wildman–Crippen LogP) is -3.01. The first-order valence-electron chi connectivity index (χ1n) is 8.22. The topological polar surface area (TPSA) is 0 Å². The third-order valence-electron chi connectivity index (χ3n) is 4.80. The van der Waals surface area contributed by atoms with Crippen LogP contribution in [0.3, 0.4) is 0 Å². The summed E-state index contributed by atoms with van der Waals surface area (Å²) in [7, 11) is 0. The van der Waals surface area contributed by atoms with Crippen molar-refractivity contribution in [3.63, 3.8) is 0 Å². The monoisotopic (exact) mass is 440 g/mol. The van der Waals surface area contributed by atoms with Gasteiger partial charge in [-0.05, 0) is 0 Å². The largest absolute Gasteiger partial charge is 1.00 e. The summed E-state index contributed by atoms with van der Waals surface area (Å²) in [6.07, 6.45) is 1.12. The van der Waals surface area contributed by atoms with Crippen molar-refractivity contribution in [3.05, 3.63) is 91.4 Å². The summed E-state index contributed by atoms with van der Waals surface area (Å²) in [4.78, 5) is 0. The number of hydrogen-bond donors (Lipinski definition) is 0. The van der Waals surface area contributed by atoms with Crippen LogP contribution in [0.2, 0.25) is 0 Å². The smallest absolute Gasteiger partial charge is 1.00 e. The molecule has 0 atom stereocenters. The van der Waals surface area contributed by atoms with Crippen LogP contribution >= 0.6 is 0 Å². The Balaban J connectivity index is 0.00000208. The maximum atomic E-state index is 2.34. The molecule has 4 heteroatoms. The maximum absolute atomic E-state index is 2.34. The number of halogens is 3. The molecule has 0 unspecified atom stereocenters. The van der Waals surface area contributed by atoms with Crippen molar-refractivity contribution in [2.45, 2.75) is 40.0 Å².